The molecule has 2 N–H and O–H groups in total. The van der Waals surface area contributed by atoms with Crippen LogP contribution in [0.2, 0.25) is 0 Å². The number of hydrogen-bond acceptors (Lipinski definition) is 5. The van der Waals surface area contributed by atoms with Gasteiger partial charge in [0.25, 0.3) is 0 Å². The Balaban J connectivity index is 1.37. The minimum absolute atomic E-state index is 0.194. The number of nitrogens with one attached hydrogen (secondary N) is 2. The van der Waals surface area contributed by atoms with E-state index in [1.54, 1.807) is 0 Å². The molecule has 32 heavy (non-hydrogen) atoms. The van der Waals surface area contributed by atoms with Crippen LogP contribution in [0.25, 0.3) is 5.65 Å². The van der Waals surface area contributed by atoms with Gasteiger partial charge in [0.2, 0.25) is 0 Å². The van der Waals surface area contributed by atoms with Crippen molar-refractivity contribution in [1.82, 2.24) is 25.2 Å². The summed E-state index contributed by atoms with van der Waals surface area (Å²) < 4.78 is 13.8. The number of hydrogen-bond donors (Lipinski definition) is 2. The van der Waals surface area contributed by atoms with Crippen molar-refractivity contribution in [3.8, 4) is 5.75 Å². The number of ether oxygens (including phenoxy) is 2. The molecule has 1 atom stereocenters. The Morgan fingerprint density at radius 3 is 3.03 bits per heavy atom. The minimum atomic E-state index is 0.194. The third-order valence-corrected chi connectivity index (χ3v) is 5.45. The standard InChI is InChI=1S/C24H32N6O2/c1-3-25-24(26-12-11-23-29-28-22-8-4-5-13-30(22)23)27-16-19-10-9-18(2)15-21(19)32-17-20-7-6-14-31-20/h4-5,8-10,13,15,20H,3,6-7,11-12,14,16-17H2,1-2H3,(H2,25,26,27). The van der Waals surface area contributed by atoms with E-state index in [4.69, 9.17) is 14.5 Å². The number of pyridine rings is 1. The first-order chi connectivity index (χ1) is 15.7. The van der Waals surface area contributed by atoms with Gasteiger partial charge in [-0.05, 0) is 50.5 Å². The van der Waals surface area contributed by atoms with Crippen LogP contribution < -0.4 is 15.4 Å². The first kappa shape index (κ1) is 22.1. The van der Waals surface area contributed by atoms with Crippen molar-refractivity contribution in [2.45, 2.75) is 45.8 Å². The Morgan fingerprint density at radius 2 is 2.19 bits per heavy atom. The molecule has 0 aliphatic carbocycles. The largest absolute Gasteiger partial charge is 0.491 e. The predicted molar refractivity (Wildman–Crippen MR) is 125 cm³/mol. The molecular weight excluding hydrogens is 404 g/mol. The van der Waals surface area contributed by atoms with E-state index in [0.717, 1.165) is 61.2 Å². The Bertz CT molecular complexity index is 1040. The van der Waals surface area contributed by atoms with Crippen molar-refractivity contribution < 1.29 is 9.47 Å². The molecule has 3 aromatic rings. The van der Waals surface area contributed by atoms with Crippen LogP contribution in [0.4, 0.5) is 0 Å². The third kappa shape index (κ3) is 5.76. The van der Waals surface area contributed by atoms with E-state index in [9.17, 15) is 0 Å². The van der Waals surface area contributed by atoms with Crippen LogP contribution in [-0.2, 0) is 17.7 Å². The zero-order valence-corrected chi connectivity index (χ0v) is 18.9. The number of rotatable bonds is 9. The first-order valence-electron chi connectivity index (χ1n) is 11.4. The Hall–Kier alpha value is -3.13. The van der Waals surface area contributed by atoms with E-state index in [0.29, 0.717) is 19.7 Å². The number of guanidine groups is 1. The van der Waals surface area contributed by atoms with Crippen molar-refractivity contribution in [3.05, 3.63) is 59.5 Å². The monoisotopic (exact) mass is 436 g/mol. The Labute approximate surface area is 189 Å². The summed E-state index contributed by atoms with van der Waals surface area (Å²) in [7, 11) is 0. The number of nitrogens with zero attached hydrogens (tertiary/aromatic N) is 4. The van der Waals surface area contributed by atoms with Crippen molar-refractivity contribution >= 4 is 11.6 Å². The molecule has 4 rings (SSSR count). The SMILES string of the molecule is CCNC(=NCc1ccc(C)cc1OCC1CCCO1)NCCc1nnc2ccccn12. The van der Waals surface area contributed by atoms with Gasteiger partial charge in [0.1, 0.15) is 18.2 Å². The molecule has 1 fully saturated rings. The predicted octanol–water partition coefficient (Wildman–Crippen LogP) is 2.89. The van der Waals surface area contributed by atoms with Crippen LogP contribution in [0.15, 0.2) is 47.6 Å². The average Bonchev–Trinajstić information content (AvgIpc) is 3.47. The lowest BCUT2D eigenvalue weighted by Gasteiger charge is -2.15. The molecule has 0 radical (unpaired) electrons. The van der Waals surface area contributed by atoms with Gasteiger partial charge in [-0.1, -0.05) is 18.2 Å². The van der Waals surface area contributed by atoms with Crippen LogP contribution in [0.3, 0.4) is 0 Å². The molecule has 1 unspecified atom stereocenters. The van der Waals surface area contributed by atoms with E-state index in [1.165, 1.54) is 5.56 Å². The van der Waals surface area contributed by atoms with Crippen LogP contribution in [0.5, 0.6) is 5.75 Å². The fraction of sp³-hybridized carbons (Fsp3) is 0.458. The van der Waals surface area contributed by atoms with Crippen LogP contribution in [-0.4, -0.2) is 53.0 Å². The highest BCUT2D eigenvalue weighted by Crippen LogP contribution is 2.23. The molecule has 1 aliphatic heterocycles. The van der Waals surface area contributed by atoms with Gasteiger partial charge in [-0.25, -0.2) is 4.99 Å². The third-order valence-electron chi connectivity index (χ3n) is 5.45. The summed E-state index contributed by atoms with van der Waals surface area (Å²) in [5.41, 5.74) is 3.10. The van der Waals surface area contributed by atoms with E-state index >= 15 is 0 Å². The maximum Gasteiger partial charge on any atom is 0.191 e. The second kappa shape index (κ2) is 10.9. The normalized spacial score (nSPS) is 16.4. The maximum absolute atomic E-state index is 6.11. The summed E-state index contributed by atoms with van der Waals surface area (Å²) in [5, 5.41) is 15.2. The molecule has 0 spiro atoms. The van der Waals surface area contributed by atoms with Crippen molar-refractivity contribution in [2.24, 2.45) is 4.99 Å². The number of aryl methyl sites for hydroxylation is 1. The van der Waals surface area contributed by atoms with Gasteiger partial charge in [-0.3, -0.25) is 4.40 Å². The van der Waals surface area contributed by atoms with Gasteiger partial charge >= 0.3 is 0 Å². The number of aromatic nitrogens is 3. The van der Waals surface area contributed by atoms with Crippen LogP contribution in [0.1, 0.15) is 36.7 Å². The quantitative estimate of drug-likeness (QED) is 0.396. The van der Waals surface area contributed by atoms with Crippen LogP contribution >= 0.6 is 0 Å². The number of aliphatic imine (C=N–C) groups is 1. The smallest absolute Gasteiger partial charge is 0.191 e. The number of fused-ring (bicyclic) bond motifs is 1. The molecule has 1 aromatic carbocycles. The topological polar surface area (TPSA) is 85.1 Å². The molecule has 0 bridgehead atoms. The fourth-order valence-electron chi connectivity index (χ4n) is 3.75. The molecular formula is C24H32N6O2. The van der Waals surface area contributed by atoms with E-state index in [2.05, 4.69) is 52.9 Å². The lowest BCUT2D eigenvalue weighted by molar-refractivity contribution is 0.0676. The number of benzene rings is 1. The van der Waals surface area contributed by atoms with Gasteiger partial charge in [0.05, 0.1) is 12.6 Å². The average molecular weight is 437 g/mol. The highest BCUT2D eigenvalue weighted by Gasteiger charge is 2.17. The van der Waals surface area contributed by atoms with Gasteiger partial charge in [-0.2, -0.15) is 0 Å². The molecule has 0 saturated carbocycles. The molecule has 3 heterocycles. The van der Waals surface area contributed by atoms with Gasteiger partial charge < -0.3 is 20.1 Å². The first-order valence-corrected chi connectivity index (χ1v) is 11.4. The summed E-state index contributed by atoms with van der Waals surface area (Å²) >= 11 is 0. The van der Waals surface area contributed by atoms with Gasteiger partial charge in [-0.15, -0.1) is 10.2 Å². The molecule has 170 valence electrons. The molecule has 1 saturated heterocycles. The lowest BCUT2D eigenvalue weighted by Crippen LogP contribution is -2.38. The molecule has 8 heteroatoms. The zero-order chi connectivity index (χ0) is 22.2. The summed E-state index contributed by atoms with van der Waals surface area (Å²) in [6, 6.07) is 12.2. The van der Waals surface area contributed by atoms with Crippen molar-refractivity contribution in [1.29, 1.82) is 0 Å². The molecule has 2 aromatic heterocycles. The fourth-order valence-corrected chi connectivity index (χ4v) is 3.75. The maximum atomic E-state index is 6.11. The van der Waals surface area contributed by atoms with E-state index in [1.807, 2.05) is 28.8 Å². The summed E-state index contributed by atoms with van der Waals surface area (Å²) in [6.45, 7) is 7.58. The lowest BCUT2D eigenvalue weighted by atomic mass is 10.1. The summed E-state index contributed by atoms with van der Waals surface area (Å²) in [4.78, 5) is 4.78. The zero-order valence-electron chi connectivity index (χ0n) is 18.9. The van der Waals surface area contributed by atoms with Crippen LogP contribution in [0, 0.1) is 6.92 Å². The van der Waals surface area contributed by atoms with E-state index < -0.39 is 0 Å². The highest BCUT2D eigenvalue weighted by molar-refractivity contribution is 5.79. The minimum Gasteiger partial charge on any atom is -0.491 e. The second-order valence-corrected chi connectivity index (χ2v) is 7.97. The summed E-state index contributed by atoms with van der Waals surface area (Å²) in [5.74, 6) is 2.58. The van der Waals surface area contributed by atoms with Gasteiger partial charge in [0.15, 0.2) is 11.6 Å². The van der Waals surface area contributed by atoms with E-state index in [-0.39, 0.29) is 6.10 Å². The van der Waals surface area contributed by atoms with Crippen molar-refractivity contribution in [3.63, 3.8) is 0 Å². The summed E-state index contributed by atoms with van der Waals surface area (Å²) in [6.07, 6.45) is 5.10. The van der Waals surface area contributed by atoms with Gasteiger partial charge in [0, 0.05) is 37.9 Å². The molecule has 8 nitrogen and oxygen atoms in total. The highest BCUT2D eigenvalue weighted by atomic mass is 16.5. The van der Waals surface area contributed by atoms with Crippen molar-refractivity contribution in [2.75, 3.05) is 26.3 Å². The Kier molecular flexibility index (Phi) is 7.55. The molecule has 0 amide bonds. The molecule has 1 aliphatic rings. The Morgan fingerprint density at radius 1 is 1.25 bits per heavy atom. The second-order valence-electron chi connectivity index (χ2n) is 7.97.